The zero-order chi connectivity index (χ0) is 13.9. The Morgan fingerprint density at radius 3 is 2.68 bits per heavy atom. The quantitative estimate of drug-likeness (QED) is 0.893. The Hall–Kier alpha value is -1.42. The van der Waals surface area contributed by atoms with Crippen molar-refractivity contribution in [3.05, 3.63) is 29.8 Å². The van der Waals surface area contributed by atoms with Crippen LogP contribution in [0.1, 0.15) is 18.4 Å². The monoisotopic (exact) mass is 279 g/mol. The summed E-state index contributed by atoms with van der Waals surface area (Å²) in [4.78, 5) is 2.34. The molecular formula is C13H17N3O2S. The maximum Gasteiger partial charge on any atom is 0.240 e. The van der Waals surface area contributed by atoms with E-state index in [4.69, 9.17) is 5.26 Å². The van der Waals surface area contributed by atoms with Crippen molar-refractivity contribution in [1.29, 1.82) is 5.26 Å². The highest BCUT2D eigenvalue weighted by Gasteiger charge is 2.23. The average molecular weight is 279 g/mol. The van der Waals surface area contributed by atoms with Crippen molar-refractivity contribution in [2.45, 2.75) is 23.8 Å². The highest BCUT2D eigenvalue weighted by Crippen LogP contribution is 2.15. The van der Waals surface area contributed by atoms with Gasteiger partial charge in [0.1, 0.15) is 0 Å². The normalized spacial score (nSPS) is 18.1. The first kappa shape index (κ1) is 14.0. The fourth-order valence-electron chi connectivity index (χ4n) is 2.15. The third-order valence-electron chi connectivity index (χ3n) is 3.31. The molecule has 5 nitrogen and oxygen atoms in total. The second-order valence-electron chi connectivity index (χ2n) is 4.84. The number of nitrogens with zero attached hydrogens (tertiary/aromatic N) is 2. The van der Waals surface area contributed by atoms with Crippen LogP contribution in [0.25, 0.3) is 0 Å². The van der Waals surface area contributed by atoms with E-state index in [1.165, 1.54) is 12.1 Å². The van der Waals surface area contributed by atoms with Gasteiger partial charge in [0, 0.05) is 6.04 Å². The third kappa shape index (κ3) is 3.53. The van der Waals surface area contributed by atoms with Crippen molar-refractivity contribution in [1.82, 2.24) is 9.62 Å². The largest absolute Gasteiger partial charge is 0.306 e. The summed E-state index contributed by atoms with van der Waals surface area (Å²) in [5.74, 6) is 0. The van der Waals surface area contributed by atoms with Crippen LogP contribution in [0.3, 0.4) is 0 Å². The summed E-state index contributed by atoms with van der Waals surface area (Å²) in [7, 11) is -1.50. The average Bonchev–Trinajstić information content (AvgIpc) is 2.41. The van der Waals surface area contributed by atoms with Gasteiger partial charge < -0.3 is 4.90 Å². The van der Waals surface area contributed by atoms with Crippen LogP contribution in [0, 0.1) is 11.3 Å². The van der Waals surface area contributed by atoms with Gasteiger partial charge in [-0.3, -0.25) is 0 Å². The molecule has 6 heteroatoms. The minimum absolute atomic E-state index is 0.0214. The lowest BCUT2D eigenvalue weighted by Gasteiger charge is -2.29. The Morgan fingerprint density at radius 1 is 1.37 bits per heavy atom. The van der Waals surface area contributed by atoms with Crippen molar-refractivity contribution in [3.8, 4) is 6.07 Å². The van der Waals surface area contributed by atoms with E-state index in [9.17, 15) is 8.42 Å². The molecule has 2 rings (SSSR count). The molecule has 1 heterocycles. The highest BCUT2D eigenvalue weighted by atomic mass is 32.2. The van der Waals surface area contributed by atoms with Gasteiger partial charge in [-0.05, 0) is 51.2 Å². The number of benzene rings is 1. The fourth-order valence-corrected chi connectivity index (χ4v) is 3.50. The molecule has 1 aliphatic rings. The van der Waals surface area contributed by atoms with Crippen LogP contribution in [-0.4, -0.2) is 39.5 Å². The minimum atomic E-state index is -3.53. The maximum absolute atomic E-state index is 12.2. The predicted molar refractivity (Wildman–Crippen MR) is 72.0 cm³/mol. The Balaban J connectivity index is 2.12. The standard InChI is InChI=1S/C13H17N3O2S/c1-16-7-5-12(6-8-16)15-19(17,18)13-4-2-3-11(9-13)10-14/h2-4,9,12,15H,5-8H2,1H3. The molecule has 0 unspecified atom stereocenters. The van der Waals surface area contributed by atoms with E-state index in [1.54, 1.807) is 12.1 Å². The molecule has 102 valence electrons. The van der Waals surface area contributed by atoms with Crippen LogP contribution in [0.15, 0.2) is 29.2 Å². The molecule has 1 aliphatic heterocycles. The van der Waals surface area contributed by atoms with Gasteiger partial charge in [0.05, 0.1) is 16.5 Å². The van der Waals surface area contributed by atoms with Gasteiger partial charge in [-0.15, -0.1) is 0 Å². The first-order valence-electron chi connectivity index (χ1n) is 6.22. The molecule has 1 aromatic rings. The molecule has 19 heavy (non-hydrogen) atoms. The van der Waals surface area contributed by atoms with Gasteiger partial charge in [0.15, 0.2) is 0 Å². The van der Waals surface area contributed by atoms with Gasteiger partial charge in [0.2, 0.25) is 10.0 Å². The fraction of sp³-hybridized carbons (Fsp3) is 0.462. The van der Waals surface area contributed by atoms with E-state index in [0.29, 0.717) is 5.56 Å². The molecular weight excluding hydrogens is 262 g/mol. The van der Waals surface area contributed by atoms with E-state index in [1.807, 2.05) is 13.1 Å². The van der Waals surface area contributed by atoms with Gasteiger partial charge in [0.25, 0.3) is 0 Å². The Labute approximate surface area is 113 Å². The van der Waals surface area contributed by atoms with E-state index in [2.05, 4.69) is 9.62 Å². The summed E-state index contributed by atoms with van der Waals surface area (Å²) in [6.07, 6.45) is 1.63. The molecule has 0 amide bonds. The van der Waals surface area contributed by atoms with Crippen molar-refractivity contribution >= 4 is 10.0 Å². The van der Waals surface area contributed by atoms with Crippen LogP contribution in [-0.2, 0) is 10.0 Å². The molecule has 0 aromatic heterocycles. The smallest absolute Gasteiger partial charge is 0.240 e. The van der Waals surface area contributed by atoms with E-state index in [0.717, 1.165) is 25.9 Å². The zero-order valence-electron chi connectivity index (χ0n) is 10.8. The molecule has 1 saturated heterocycles. The molecule has 0 spiro atoms. The number of sulfonamides is 1. The summed E-state index contributed by atoms with van der Waals surface area (Å²) in [5, 5.41) is 8.81. The van der Waals surface area contributed by atoms with Crippen LogP contribution in [0.2, 0.25) is 0 Å². The summed E-state index contributed by atoms with van der Waals surface area (Å²) < 4.78 is 27.2. The Morgan fingerprint density at radius 2 is 2.05 bits per heavy atom. The molecule has 0 atom stereocenters. The van der Waals surface area contributed by atoms with Crippen LogP contribution >= 0.6 is 0 Å². The van der Waals surface area contributed by atoms with Gasteiger partial charge in [-0.2, -0.15) is 5.26 Å². The van der Waals surface area contributed by atoms with E-state index in [-0.39, 0.29) is 10.9 Å². The van der Waals surface area contributed by atoms with Gasteiger partial charge in [-0.1, -0.05) is 6.07 Å². The van der Waals surface area contributed by atoms with E-state index >= 15 is 0 Å². The number of piperidine rings is 1. The summed E-state index contributed by atoms with van der Waals surface area (Å²) in [6.45, 7) is 1.79. The summed E-state index contributed by atoms with van der Waals surface area (Å²) >= 11 is 0. The SMILES string of the molecule is CN1CCC(NS(=O)(=O)c2cccc(C#N)c2)CC1. The molecule has 1 aromatic carbocycles. The first-order valence-corrected chi connectivity index (χ1v) is 7.70. The van der Waals surface area contributed by atoms with E-state index < -0.39 is 10.0 Å². The van der Waals surface area contributed by atoms with Crippen molar-refractivity contribution < 1.29 is 8.42 Å². The van der Waals surface area contributed by atoms with Gasteiger partial charge >= 0.3 is 0 Å². The number of hydrogen-bond donors (Lipinski definition) is 1. The van der Waals surface area contributed by atoms with Crippen LogP contribution in [0.5, 0.6) is 0 Å². The Bertz CT molecular complexity index is 584. The lowest BCUT2D eigenvalue weighted by molar-refractivity contribution is 0.248. The number of nitriles is 1. The van der Waals surface area contributed by atoms with Crippen LogP contribution < -0.4 is 4.72 Å². The number of likely N-dealkylation sites (tertiary alicyclic amines) is 1. The van der Waals surface area contributed by atoms with Gasteiger partial charge in [-0.25, -0.2) is 13.1 Å². The lowest BCUT2D eigenvalue weighted by Crippen LogP contribution is -2.43. The molecule has 0 radical (unpaired) electrons. The topological polar surface area (TPSA) is 73.2 Å². The third-order valence-corrected chi connectivity index (χ3v) is 4.83. The van der Waals surface area contributed by atoms with Crippen molar-refractivity contribution in [3.63, 3.8) is 0 Å². The van der Waals surface area contributed by atoms with Crippen molar-refractivity contribution in [2.24, 2.45) is 0 Å². The molecule has 1 fully saturated rings. The van der Waals surface area contributed by atoms with Crippen molar-refractivity contribution in [2.75, 3.05) is 20.1 Å². The Kier molecular flexibility index (Phi) is 4.20. The predicted octanol–water partition coefficient (Wildman–Crippen LogP) is 0.931. The molecule has 1 N–H and O–H groups in total. The zero-order valence-corrected chi connectivity index (χ0v) is 11.7. The first-order chi connectivity index (χ1) is 9.01. The highest BCUT2D eigenvalue weighted by molar-refractivity contribution is 7.89. The summed E-state index contributed by atoms with van der Waals surface area (Å²) in [6, 6.07) is 8.02. The molecule has 0 saturated carbocycles. The maximum atomic E-state index is 12.2. The summed E-state index contributed by atoms with van der Waals surface area (Å²) in [5.41, 5.74) is 0.353. The minimum Gasteiger partial charge on any atom is -0.306 e. The number of rotatable bonds is 3. The lowest BCUT2D eigenvalue weighted by atomic mass is 10.1. The second kappa shape index (κ2) is 5.70. The van der Waals surface area contributed by atoms with Crippen LogP contribution in [0.4, 0.5) is 0 Å². The molecule has 0 bridgehead atoms. The number of nitrogens with one attached hydrogen (secondary N) is 1. The molecule has 0 aliphatic carbocycles. The number of hydrogen-bond acceptors (Lipinski definition) is 4. The second-order valence-corrected chi connectivity index (χ2v) is 6.55.